The van der Waals surface area contributed by atoms with Crippen LogP contribution in [0.5, 0.6) is 0 Å². The maximum atomic E-state index is 13.7. The van der Waals surface area contributed by atoms with Crippen LogP contribution in [0, 0.1) is 24.0 Å². The standard InChI is InChI=1S/C21H20F2N8O4S/c1-5-30-8(2)11(7-25-30)10-6-12(18(22)23)26-21-13(10)14(17(36-21)19(24)32)27-20(33)15-16(31(34)35)9(3)29(4)28-15/h6-7,18H,5H2,1-4H3,(H2,24,32)(H,27,33). The number of alkyl halides is 2. The first kappa shape index (κ1) is 24.8. The van der Waals surface area contributed by atoms with Gasteiger partial charge < -0.3 is 11.1 Å². The summed E-state index contributed by atoms with van der Waals surface area (Å²) in [5.41, 5.74) is 5.45. The number of pyridine rings is 1. The minimum Gasteiger partial charge on any atom is -0.365 e. The van der Waals surface area contributed by atoms with Crippen LogP contribution in [0.1, 0.15) is 50.6 Å². The summed E-state index contributed by atoms with van der Waals surface area (Å²) in [4.78, 5) is 40.1. The number of nitrogens with zero attached hydrogens (tertiary/aromatic N) is 6. The Morgan fingerprint density at radius 1 is 1.28 bits per heavy atom. The SMILES string of the molecule is CCn1ncc(-c2cc(C(F)F)nc3sc(C(N)=O)c(NC(=O)c4nn(C)c(C)c4[N+](=O)[O-])c23)c1C. The third-order valence-corrected chi connectivity index (χ3v) is 6.86. The number of anilines is 1. The van der Waals surface area contributed by atoms with E-state index in [1.54, 1.807) is 11.6 Å². The summed E-state index contributed by atoms with van der Waals surface area (Å²) in [6, 6.07) is 1.16. The van der Waals surface area contributed by atoms with E-state index in [4.69, 9.17) is 5.73 Å². The van der Waals surface area contributed by atoms with E-state index in [2.05, 4.69) is 20.5 Å². The molecule has 188 valence electrons. The van der Waals surface area contributed by atoms with Crippen molar-refractivity contribution in [3.05, 3.63) is 50.0 Å². The second-order valence-electron chi connectivity index (χ2n) is 7.82. The molecule has 4 aromatic rings. The second-order valence-corrected chi connectivity index (χ2v) is 8.82. The van der Waals surface area contributed by atoms with E-state index in [-0.39, 0.29) is 32.0 Å². The average Bonchev–Trinajstić information content (AvgIpc) is 3.46. The van der Waals surface area contributed by atoms with E-state index in [0.29, 0.717) is 17.8 Å². The maximum Gasteiger partial charge on any atom is 0.322 e. The first-order valence-electron chi connectivity index (χ1n) is 10.5. The number of aryl methyl sites for hydroxylation is 2. The Balaban J connectivity index is 1.99. The molecule has 0 bridgehead atoms. The van der Waals surface area contributed by atoms with Gasteiger partial charge in [0.1, 0.15) is 21.1 Å². The molecule has 3 N–H and O–H groups in total. The number of fused-ring (bicyclic) bond motifs is 1. The number of hydrogen-bond acceptors (Lipinski definition) is 8. The summed E-state index contributed by atoms with van der Waals surface area (Å²) in [6.07, 6.45) is -1.42. The number of amides is 2. The molecule has 2 amide bonds. The summed E-state index contributed by atoms with van der Waals surface area (Å²) >= 11 is 0.726. The molecule has 12 nitrogen and oxygen atoms in total. The Bertz CT molecular complexity index is 1560. The lowest BCUT2D eigenvalue weighted by Crippen LogP contribution is -2.18. The summed E-state index contributed by atoms with van der Waals surface area (Å²) in [6.45, 7) is 5.56. The number of halogens is 2. The lowest BCUT2D eigenvalue weighted by molar-refractivity contribution is -0.385. The molecule has 15 heteroatoms. The molecule has 0 aliphatic rings. The number of hydrogen-bond donors (Lipinski definition) is 2. The molecule has 0 aliphatic carbocycles. The number of thiophene rings is 1. The summed E-state index contributed by atoms with van der Waals surface area (Å²) in [7, 11) is 1.44. The van der Waals surface area contributed by atoms with Gasteiger partial charge in [0.2, 0.25) is 5.69 Å². The average molecular weight is 519 g/mol. The van der Waals surface area contributed by atoms with Crippen molar-refractivity contribution in [1.29, 1.82) is 0 Å². The van der Waals surface area contributed by atoms with Crippen molar-refractivity contribution >= 4 is 44.7 Å². The smallest absolute Gasteiger partial charge is 0.322 e. The zero-order valence-corrected chi connectivity index (χ0v) is 20.3. The fourth-order valence-electron chi connectivity index (χ4n) is 3.91. The van der Waals surface area contributed by atoms with E-state index < -0.39 is 40.2 Å². The normalized spacial score (nSPS) is 11.4. The van der Waals surface area contributed by atoms with Crippen molar-refractivity contribution in [3.8, 4) is 11.1 Å². The molecule has 0 aromatic carbocycles. The highest BCUT2D eigenvalue weighted by atomic mass is 32.1. The molecular weight excluding hydrogens is 498 g/mol. The van der Waals surface area contributed by atoms with Crippen LogP contribution in [0.25, 0.3) is 21.3 Å². The van der Waals surface area contributed by atoms with E-state index in [1.165, 1.54) is 24.9 Å². The van der Waals surface area contributed by atoms with Crippen molar-refractivity contribution in [2.24, 2.45) is 12.8 Å². The molecule has 0 radical (unpaired) electrons. The molecular formula is C21H20F2N8O4S. The monoisotopic (exact) mass is 518 g/mol. The fraction of sp³-hybridized carbons (Fsp3) is 0.286. The Kier molecular flexibility index (Phi) is 6.26. The Morgan fingerprint density at radius 2 is 1.97 bits per heavy atom. The summed E-state index contributed by atoms with van der Waals surface area (Å²) < 4.78 is 30.2. The number of rotatable bonds is 7. The second kappa shape index (κ2) is 9.07. The molecule has 4 rings (SSSR count). The highest BCUT2D eigenvalue weighted by molar-refractivity contribution is 7.21. The summed E-state index contributed by atoms with van der Waals surface area (Å²) in [5, 5.41) is 22.4. The molecule has 0 fully saturated rings. The third-order valence-electron chi connectivity index (χ3n) is 5.76. The van der Waals surface area contributed by atoms with Crippen molar-refractivity contribution in [2.75, 3.05) is 5.32 Å². The van der Waals surface area contributed by atoms with Gasteiger partial charge in [0.05, 0.1) is 16.8 Å². The third kappa shape index (κ3) is 3.96. The van der Waals surface area contributed by atoms with Gasteiger partial charge >= 0.3 is 5.69 Å². The number of aromatic nitrogens is 5. The quantitative estimate of drug-likeness (QED) is 0.278. The van der Waals surface area contributed by atoms with Gasteiger partial charge in [-0.15, -0.1) is 11.3 Å². The maximum absolute atomic E-state index is 13.7. The van der Waals surface area contributed by atoms with Crippen molar-refractivity contribution in [2.45, 2.75) is 33.7 Å². The van der Waals surface area contributed by atoms with Crippen LogP contribution in [0.15, 0.2) is 12.3 Å². The number of nitrogens with two attached hydrogens (primary N) is 1. The Labute approximate surface area is 205 Å². The van der Waals surface area contributed by atoms with Crippen LogP contribution in [0.2, 0.25) is 0 Å². The molecule has 4 aromatic heterocycles. The van der Waals surface area contributed by atoms with Crippen molar-refractivity contribution < 1.29 is 23.3 Å². The molecule has 0 saturated carbocycles. The minimum atomic E-state index is -2.91. The Hall–Kier alpha value is -4.27. The highest BCUT2D eigenvalue weighted by Gasteiger charge is 2.32. The summed E-state index contributed by atoms with van der Waals surface area (Å²) in [5.74, 6) is -1.91. The number of nitro groups is 1. The first-order valence-corrected chi connectivity index (χ1v) is 11.3. The van der Waals surface area contributed by atoms with Crippen LogP contribution >= 0.6 is 11.3 Å². The van der Waals surface area contributed by atoms with E-state index in [0.717, 1.165) is 17.4 Å². The first-order chi connectivity index (χ1) is 17.0. The topological polar surface area (TPSA) is 164 Å². The minimum absolute atomic E-state index is 0.0299. The zero-order chi connectivity index (χ0) is 26.5. The molecule has 0 atom stereocenters. The van der Waals surface area contributed by atoms with Gasteiger partial charge in [0.25, 0.3) is 18.2 Å². The van der Waals surface area contributed by atoms with Crippen LogP contribution in [0.4, 0.5) is 20.2 Å². The predicted octanol–water partition coefficient (Wildman–Crippen LogP) is 3.73. The van der Waals surface area contributed by atoms with Crippen LogP contribution in [-0.4, -0.2) is 41.3 Å². The van der Waals surface area contributed by atoms with Gasteiger partial charge in [-0.05, 0) is 32.4 Å². The van der Waals surface area contributed by atoms with Crippen LogP contribution in [0.3, 0.4) is 0 Å². The fourth-order valence-corrected chi connectivity index (χ4v) is 4.92. The van der Waals surface area contributed by atoms with Gasteiger partial charge in [-0.25, -0.2) is 13.8 Å². The van der Waals surface area contributed by atoms with Crippen molar-refractivity contribution in [3.63, 3.8) is 0 Å². The molecule has 4 heterocycles. The lowest BCUT2D eigenvalue weighted by atomic mass is 10.0. The van der Waals surface area contributed by atoms with Crippen LogP contribution < -0.4 is 11.1 Å². The van der Waals surface area contributed by atoms with E-state index in [9.17, 15) is 28.5 Å². The van der Waals surface area contributed by atoms with Gasteiger partial charge in [-0.1, -0.05) is 0 Å². The number of primary amides is 1. The number of nitrogens with one attached hydrogen (secondary N) is 1. The lowest BCUT2D eigenvalue weighted by Gasteiger charge is -2.10. The highest BCUT2D eigenvalue weighted by Crippen LogP contribution is 2.43. The van der Waals surface area contributed by atoms with Gasteiger partial charge in [-0.2, -0.15) is 10.2 Å². The zero-order valence-electron chi connectivity index (χ0n) is 19.5. The predicted molar refractivity (Wildman–Crippen MR) is 127 cm³/mol. The van der Waals surface area contributed by atoms with E-state index >= 15 is 0 Å². The van der Waals surface area contributed by atoms with Gasteiger partial charge in [0.15, 0.2) is 0 Å². The van der Waals surface area contributed by atoms with Crippen LogP contribution in [-0.2, 0) is 13.6 Å². The van der Waals surface area contributed by atoms with Gasteiger partial charge in [-0.3, -0.25) is 29.1 Å². The van der Waals surface area contributed by atoms with Gasteiger partial charge in [0, 0.05) is 30.2 Å². The van der Waals surface area contributed by atoms with E-state index in [1.807, 2.05) is 6.92 Å². The number of carbonyl (C=O) groups is 2. The number of carbonyl (C=O) groups excluding carboxylic acids is 2. The molecule has 0 aliphatic heterocycles. The molecule has 0 unspecified atom stereocenters. The largest absolute Gasteiger partial charge is 0.365 e. The molecule has 0 spiro atoms. The van der Waals surface area contributed by atoms with Crippen molar-refractivity contribution in [1.82, 2.24) is 24.5 Å². The Morgan fingerprint density at radius 3 is 2.53 bits per heavy atom. The molecule has 36 heavy (non-hydrogen) atoms. The molecule has 0 saturated heterocycles.